The van der Waals surface area contributed by atoms with Gasteiger partial charge in [0.2, 0.25) is 5.69 Å². The molecule has 192 valence electrons. The Kier molecular flexibility index (Phi) is 6.89. The minimum absolute atomic E-state index is 0.149. The smallest absolute Gasteiger partial charge is 0.210 e. The number of aryl methyl sites for hydroxylation is 1. The first-order valence-corrected chi connectivity index (χ1v) is 14.2. The van der Waals surface area contributed by atoms with Crippen LogP contribution in [0, 0.1) is 12.8 Å². The Hall–Kier alpha value is -3.65. The van der Waals surface area contributed by atoms with Gasteiger partial charge in [0.05, 0.1) is 5.41 Å². The highest BCUT2D eigenvalue weighted by Crippen LogP contribution is 2.46. The van der Waals surface area contributed by atoms with E-state index >= 15 is 0 Å². The molecule has 2 nitrogen and oxygen atoms in total. The largest absolute Gasteiger partial charge is 0.487 e. The summed E-state index contributed by atoms with van der Waals surface area (Å²) in [6, 6.07) is 32.6. The highest BCUT2D eigenvalue weighted by Gasteiger charge is 2.49. The predicted molar refractivity (Wildman–Crippen MR) is 159 cm³/mol. The maximum absolute atomic E-state index is 6.22. The van der Waals surface area contributed by atoms with Crippen molar-refractivity contribution in [2.45, 2.75) is 51.4 Å². The molecule has 4 aromatic rings. The van der Waals surface area contributed by atoms with E-state index in [1.807, 2.05) is 30.3 Å². The quantitative estimate of drug-likeness (QED) is 0.221. The predicted octanol–water partition coefficient (Wildman–Crippen LogP) is 8.57. The van der Waals surface area contributed by atoms with E-state index in [1.54, 1.807) is 0 Å². The summed E-state index contributed by atoms with van der Waals surface area (Å²) in [6.07, 6.45) is 11.3. The van der Waals surface area contributed by atoms with Gasteiger partial charge in [-0.3, -0.25) is 0 Å². The van der Waals surface area contributed by atoms with E-state index in [1.165, 1.54) is 64.5 Å². The summed E-state index contributed by atoms with van der Waals surface area (Å²) in [6.45, 7) is 6.17. The van der Waals surface area contributed by atoms with Gasteiger partial charge in [-0.05, 0) is 79.1 Å². The third-order valence-electron chi connectivity index (χ3n) is 8.66. The lowest BCUT2D eigenvalue weighted by molar-refractivity contribution is -0.439. The van der Waals surface area contributed by atoms with Crippen molar-refractivity contribution in [3.8, 4) is 5.75 Å². The fraction of sp³-hybridized carbons (Fsp3) is 0.306. The summed E-state index contributed by atoms with van der Waals surface area (Å²) in [5.74, 6) is 1.62. The second-order valence-electron chi connectivity index (χ2n) is 11.2. The van der Waals surface area contributed by atoms with Crippen molar-refractivity contribution in [3.05, 3.63) is 120 Å². The average molecular weight is 501 g/mol. The average Bonchev–Trinajstić information content (AvgIpc) is 3.54. The van der Waals surface area contributed by atoms with Crippen LogP contribution in [0.2, 0.25) is 0 Å². The molecule has 38 heavy (non-hydrogen) atoms. The Labute approximate surface area is 227 Å². The molecular formula is C36H38NO+. The fourth-order valence-electron chi connectivity index (χ4n) is 6.65. The second-order valence-corrected chi connectivity index (χ2v) is 11.2. The van der Waals surface area contributed by atoms with Crippen LogP contribution in [-0.4, -0.2) is 23.4 Å². The molecule has 0 saturated heterocycles. The van der Waals surface area contributed by atoms with E-state index in [0.717, 1.165) is 18.7 Å². The van der Waals surface area contributed by atoms with Gasteiger partial charge in [0.25, 0.3) is 0 Å². The Morgan fingerprint density at radius 1 is 0.868 bits per heavy atom. The van der Waals surface area contributed by atoms with E-state index in [9.17, 15) is 0 Å². The van der Waals surface area contributed by atoms with E-state index in [0.29, 0.717) is 12.5 Å². The molecule has 1 aliphatic carbocycles. The first-order chi connectivity index (χ1) is 18.6. The van der Waals surface area contributed by atoms with Crippen LogP contribution in [0.15, 0.2) is 103 Å². The number of hydrogen-bond acceptors (Lipinski definition) is 1. The molecular weight excluding hydrogens is 462 g/mol. The van der Waals surface area contributed by atoms with Crippen molar-refractivity contribution in [2.24, 2.45) is 5.92 Å². The number of nitrogens with zero attached hydrogens (tertiary/aromatic N) is 1. The Morgan fingerprint density at radius 2 is 1.61 bits per heavy atom. The van der Waals surface area contributed by atoms with E-state index in [4.69, 9.17) is 4.74 Å². The van der Waals surface area contributed by atoms with Gasteiger partial charge in [0.15, 0.2) is 12.3 Å². The van der Waals surface area contributed by atoms with E-state index in [-0.39, 0.29) is 5.41 Å². The van der Waals surface area contributed by atoms with Gasteiger partial charge in [-0.2, -0.15) is 4.58 Å². The molecule has 1 atom stereocenters. The van der Waals surface area contributed by atoms with Crippen molar-refractivity contribution >= 4 is 22.2 Å². The molecule has 0 bridgehead atoms. The van der Waals surface area contributed by atoms with E-state index < -0.39 is 0 Å². The van der Waals surface area contributed by atoms with Crippen molar-refractivity contribution in [1.29, 1.82) is 0 Å². The van der Waals surface area contributed by atoms with Crippen molar-refractivity contribution in [1.82, 2.24) is 0 Å². The van der Waals surface area contributed by atoms with Gasteiger partial charge in [-0.25, -0.2) is 0 Å². The highest BCUT2D eigenvalue weighted by molar-refractivity contribution is 6.08. The Bertz CT molecular complexity index is 1490. The van der Waals surface area contributed by atoms with Crippen molar-refractivity contribution in [3.63, 3.8) is 0 Å². The monoisotopic (exact) mass is 500 g/mol. The molecule has 0 N–H and O–H groups in total. The van der Waals surface area contributed by atoms with E-state index in [2.05, 4.69) is 91.2 Å². The van der Waals surface area contributed by atoms with Crippen LogP contribution >= 0.6 is 0 Å². The zero-order valence-corrected chi connectivity index (χ0v) is 22.7. The molecule has 4 aromatic carbocycles. The third-order valence-corrected chi connectivity index (χ3v) is 8.66. The first kappa shape index (κ1) is 24.7. The molecule has 0 amide bonds. The third kappa shape index (κ3) is 4.69. The highest BCUT2D eigenvalue weighted by atomic mass is 16.5. The van der Waals surface area contributed by atoms with Gasteiger partial charge in [-0.1, -0.05) is 85.6 Å². The lowest BCUT2D eigenvalue weighted by atomic mass is 9.72. The number of para-hydroxylation sites is 1. The molecule has 1 saturated carbocycles. The number of allylic oxidation sites excluding steroid dienone is 2. The molecule has 0 aromatic heterocycles. The fourth-order valence-corrected chi connectivity index (χ4v) is 6.65. The number of ether oxygens (including phenoxy) is 1. The van der Waals surface area contributed by atoms with Crippen LogP contribution in [0.25, 0.3) is 10.8 Å². The molecule has 6 rings (SSSR count). The SMILES string of the molecule is Cc1ccccc1CC1(C)C(C=CC2CCCC2)=[N+](CCOc2ccccc2)c2ccc3ccccc3c21. The van der Waals surface area contributed by atoms with Gasteiger partial charge in [0, 0.05) is 17.7 Å². The summed E-state index contributed by atoms with van der Waals surface area (Å²) in [7, 11) is 0. The van der Waals surface area contributed by atoms with Crippen LogP contribution in [0.4, 0.5) is 5.69 Å². The zero-order valence-electron chi connectivity index (χ0n) is 22.7. The normalized spacial score (nSPS) is 19.5. The van der Waals surface area contributed by atoms with Crippen molar-refractivity contribution in [2.75, 3.05) is 13.2 Å². The summed E-state index contributed by atoms with van der Waals surface area (Å²) in [4.78, 5) is 0. The minimum atomic E-state index is -0.149. The minimum Gasteiger partial charge on any atom is -0.487 e. The Morgan fingerprint density at radius 3 is 2.42 bits per heavy atom. The van der Waals surface area contributed by atoms with Gasteiger partial charge in [0.1, 0.15) is 12.4 Å². The maximum atomic E-state index is 6.22. The van der Waals surface area contributed by atoms with Crippen LogP contribution in [0.5, 0.6) is 5.75 Å². The summed E-state index contributed by atoms with van der Waals surface area (Å²) >= 11 is 0. The lowest BCUT2D eigenvalue weighted by Gasteiger charge is -2.25. The second kappa shape index (κ2) is 10.6. The standard InChI is InChI=1S/C36H38NO/c1-27-12-6-9-16-30(27)26-36(2)34(23-20-28-13-7-8-14-28)37(24-25-38-31-17-4-3-5-18-31)33-22-21-29-15-10-11-19-32(29)35(33)36/h3-6,9-12,15-23,28H,7-8,13-14,24-26H2,1-2H3/q+1. The van der Waals surface area contributed by atoms with Gasteiger partial charge in [-0.15, -0.1) is 0 Å². The molecule has 1 heterocycles. The molecule has 0 spiro atoms. The summed E-state index contributed by atoms with van der Waals surface area (Å²) < 4.78 is 8.77. The van der Waals surface area contributed by atoms with Crippen LogP contribution in [0.3, 0.4) is 0 Å². The molecule has 1 aliphatic heterocycles. The van der Waals surface area contributed by atoms with Crippen LogP contribution < -0.4 is 4.74 Å². The number of rotatable bonds is 8. The maximum Gasteiger partial charge on any atom is 0.210 e. The number of hydrogen-bond donors (Lipinski definition) is 0. The molecule has 0 radical (unpaired) electrons. The summed E-state index contributed by atoms with van der Waals surface area (Å²) in [5.41, 5.74) is 6.80. The van der Waals surface area contributed by atoms with Gasteiger partial charge >= 0.3 is 0 Å². The van der Waals surface area contributed by atoms with Crippen LogP contribution in [0.1, 0.15) is 49.3 Å². The Balaban J connectivity index is 1.48. The van der Waals surface area contributed by atoms with Gasteiger partial charge < -0.3 is 4.74 Å². The number of fused-ring (bicyclic) bond motifs is 3. The topological polar surface area (TPSA) is 12.2 Å². The molecule has 2 aliphatic rings. The molecule has 2 heteroatoms. The lowest BCUT2D eigenvalue weighted by Crippen LogP contribution is -2.35. The van der Waals surface area contributed by atoms with Crippen LogP contribution in [-0.2, 0) is 11.8 Å². The first-order valence-electron chi connectivity index (χ1n) is 14.2. The molecule has 1 unspecified atom stereocenters. The molecule has 1 fully saturated rings. The van der Waals surface area contributed by atoms with Crippen molar-refractivity contribution < 1.29 is 9.31 Å². The number of benzene rings is 4. The zero-order chi connectivity index (χ0) is 26.0. The summed E-state index contributed by atoms with van der Waals surface area (Å²) in [5, 5.41) is 2.67.